The number of nitrogens with zero attached hydrogens (tertiary/aromatic N) is 3. The first-order valence-corrected chi connectivity index (χ1v) is 10.9. The summed E-state index contributed by atoms with van der Waals surface area (Å²) in [6.07, 6.45) is 3.50. The second-order valence-corrected chi connectivity index (χ2v) is 9.11. The molecule has 1 saturated heterocycles. The Bertz CT molecular complexity index is 1020. The highest BCUT2D eigenvalue weighted by Crippen LogP contribution is 2.34. The van der Waals surface area contributed by atoms with E-state index in [0.717, 1.165) is 4.31 Å². The highest BCUT2D eigenvalue weighted by molar-refractivity contribution is 7.87. The van der Waals surface area contributed by atoms with Gasteiger partial charge in [0.15, 0.2) is 11.5 Å². The second-order valence-electron chi connectivity index (χ2n) is 7.35. The first-order valence-electron chi connectivity index (χ1n) is 9.48. The molecule has 2 atom stereocenters. The van der Waals surface area contributed by atoms with E-state index in [2.05, 4.69) is 15.1 Å². The monoisotopic (exact) mass is 437 g/mol. The Hall–Kier alpha value is -2.63. The van der Waals surface area contributed by atoms with Crippen LogP contribution in [0.15, 0.2) is 30.6 Å². The van der Waals surface area contributed by atoms with Crippen LogP contribution in [0.3, 0.4) is 0 Å². The minimum atomic E-state index is -3.86. The van der Waals surface area contributed by atoms with Crippen LogP contribution < -0.4 is 19.5 Å². The van der Waals surface area contributed by atoms with Crippen molar-refractivity contribution in [2.24, 2.45) is 0 Å². The van der Waals surface area contributed by atoms with Crippen LogP contribution in [0, 0.1) is 0 Å². The number of nitrogens with one attached hydrogen (secondary N) is 2. The first-order chi connectivity index (χ1) is 14.2. The lowest BCUT2D eigenvalue weighted by molar-refractivity contribution is -0.120. The Kier molecular flexibility index (Phi) is 6.34. The third-order valence-electron chi connectivity index (χ3n) is 5.08. The van der Waals surface area contributed by atoms with Crippen molar-refractivity contribution in [3.05, 3.63) is 36.2 Å². The van der Waals surface area contributed by atoms with E-state index in [4.69, 9.17) is 9.47 Å². The number of anilines is 1. The van der Waals surface area contributed by atoms with E-state index in [0.29, 0.717) is 22.7 Å². The lowest BCUT2D eigenvalue weighted by Gasteiger charge is -2.36. The average molecular weight is 438 g/mol. The molecule has 0 saturated carbocycles. The van der Waals surface area contributed by atoms with Gasteiger partial charge >= 0.3 is 0 Å². The van der Waals surface area contributed by atoms with Gasteiger partial charge in [0, 0.05) is 19.3 Å². The fraction of sp³-hybridized carbons (Fsp3) is 0.474. The van der Waals surface area contributed by atoms with Crippen LogP contribution in [0.4, 0.5) is 5.69 Å². The molecule has 0 radical (unpaired) electrons. The van der Waals surface area contributed by atoms with Crippen molar-refractivity contribution in [1.82, 2.24) is 18.8 Å². The van der Waals surface area contributed by atoms with Crippen LogP contribution in [0.25, 0.3) is 0 Å². The van der Waals surface area contributed by atoms with Gasteiger partial charge in [-0.05, 0) is 38.0 Å². The van der Waals surface area contributed by atoms with Gasteiger partial charge in [0.25, 0.3) is 10.2 Å². The predicted molar refractivity (Wildman–Crippen MR) is 112 cm³/mol. The maximum Gasteiger partial charge on any atom is 0.280 e. The standard InChI is InChI=1S/C19H27N5O5S/c1-12(2)24-11-14(10-20-24)21-19(25)16-9-15(22-30(26,27)23(16)3)13-6-7-17(28-4)18(8-13)29-5/h6-8,10-12,15-16,22H,9H2,1-5H3,(H,21,25)/t15-,16+/m0/s1. The Morgan fingerprint density at radius 2 is 1.97 bits per heavy atom. The molecule has 0 spiro atoms. The fourth-order valence-corrected chi connectivity index (χ4v) is 4.58. The summed E-state index contributed by atoms with van der Waals surface area (Å²) in [6.45, 7) is 3.94. The summed E-state index contributed by atoms with van der Waals surface area (Å²) >= 11 is 0. The van der Waals surface area contributed by atoms with Gasteiger partial charge in [0.1, 0.15) is 6.04 Å². The van der Waals surface area contributed by atoms with E-state index in [9.17, 15) is 13.2 Å². The van der Waals surface area contributed by atoms with Crippen molar-refractivity contribution in [2.45, 2.75) is 38.4 Å². The molecule has 2 aromatic rings. The summed E-state index contributed by atoms with van der Waals surface area (Å²) < 4.78 is 41.3. The number of hydrogen-bond donors (Lipinski definition) is 2. The normalized spacial score (nSPS) is 21.4. The van der Waals surface area contributed by atoms with Crippen LogP contribution in [-0.4, -0.2) is 55.7 Å². The number of carbonyl (C=O) groups is 1. The number of carbonyl (C=O) groups excluding carboxylic acids is 1. The van der Waals surface area contributed by atoms with Crippen LogP contribution in [0.1, 0.15) is 37.9 Å². The molecule has 10 nitrogen and oxygen atoms in total. The van der Waals surface area contributed by atoms with Crippen molar-refractivity contribution < 1.29 is 22.7 Å². The van der Waals surface area contributed by atoms with Gasteiger partial charge in [-0.15, -0.1) is 0 Å². The number of benzene rings is 1. The fourth-order valence-electron chi connectivity index (χ4n) is 3.31. The molecule has 0 aliphatic carbocycles. The molecule has 1 aliphatic rings. The summed E-state index contributed by atoms with van der Waals surface area (Å²) in [5.74, 6) is 0.597. The molecule has 1 aromatic carbocycles. The van der Waals surface area contributed by atoms with Gasteiger partial charge in [-0.2, -0.15) is 22.5 Å². The maximum absolute atomic E-state index is 12.9. The zero-order valence-corrected chi connectivity index (χ0v) is 18.4. The number of amides is 1. The number of ether oxygens (including phenoxy) is 2. The number of likely N-dealkylation sites (N-methyl/N-ethyl adjacent to an activating group) is 1. The van der Waals surface area contributed by atoms with Crippen molar-refractivity contribution in [1.29, 1.82) is 0 Å². The molecule has 30 heavy (non-hydrogen) atoms. The van der Waals surface area contributed by atoms with Gasteiger partial charge in [-0.3, -0.25) is 9.48 Å². The maximum atomic E-state index is 12.9. The van der Waals surface area contributed by atoms with Gasteiger partial charge in [0.2, 0.25) is 5.91 Å². The highest BCUT2D eigenvalue weighted by atomic mass is 32.2. The molecular formula is C19H27N5O5S. The van der Waals surface area contributed by atoms with E-state index in [1.165, 1.54) is 21.3 Å². The summed E-state index contributed by atoms with van der Waals surface area (Å²) in [5.41, 5.74) is 1.19. The van der Waals surface area contributed by atoms with Crippen LogP contribution in [-0.2, 0) is 15.0 Å². The van der Waals surface area contributed by atoms with Crippen molar-refractivity contribution in [2.75, 3.05) is 26.6 Å². The molecule has 2 heterocycles. The zero-order chi connectivity index (χ0) is 22.1. The Morgan fingerprint density at radius 1 is 1.27 bits per heavy atom. The van der Waals surface area contributed by atoms with Crippen LogP contribution in [0.2, 0.25) is 0 Å². The first kappa shape index (κ1) is 22.1. The van der Waals surface area contributed by atoms with Gasteiger partial charge in [-0.25, -0.2) is 0 Å². The number of aromatic nitrogens is 2. The number of rotatable bonds is 6. The van der Waals surface area contributed by atoms with E-state index in [1.807, 2.05) is 13.8 Å². The van der Waals surface area contributed by atoms with E-state index in [-0.39, 0.29) is 12.5 Å². The van der Waals surface area contributed by atoms with Crippen LogP contribution in [0.5, 0.6) is 11.5 Å². The third kappa shape index (κ3) is 4.42. The van der Waals surface area contributed by atoms with Crippen molar-refractivity contribution in [3.8, 4) is 11.5 Å². The van der Waals surface area contributed by atoms with Crippen LogP contribution >= 0.6 is 0 Å². The molecule has 11 heteroatoms. The van der Waals surface area contributed by atoms with Gasteiger partial charge < -0.3 is 14.8 Å². The summed E-state index contributed by atoms with van der Waals surface area (Å²) in [4.78, 5) is 12.9. The van der Waals surface area contributed by atoms with E-state index in [1.54, 1.807) is 35.3 Å². The molecule has 1 amide bonds. The minimum absolute atomic E-state index is 0.145. The minimum Gasteiger partial charge on any atom is -0.493 e. The van der Waals surface area contributed by atoms with E-state index >= 15 is 0 Å². The van der Waals surface area contributed by atoms with Crippen molar-refractivity contribution >= 4 is 21.8 Å². The molecule has 2 N–H and O–H groups in total. The predicted octanol–water partition coefficient (Wildman–Crippen LogP) is 1.70. The Labute approximate surface area is 176 Å². The molecule has 1 aromatic heterocycles. The molecular weight excluding hydrogens is 410 g/mol. The highest BCUT2D eigenvalue weighted by Gasteiger charge is 2.41. The molecule has 1 aliphatic heterocycles. The quantitative estimate of drug-likeness (QED) is 0.711. The molecule has 0 unspecified atom stereocenters. The summed E-state index contributed by atoms with van der Waals surface area (Å²) in [5, 5.41) is 6.96. The summed E-state index contributed by atoms with van der Waals surface area (Å²) in [7, 11) is 0.558. The topological polar surface area (TPSA) is 115 Å². The molecule has 1 fully saturated rings. The molecule has 3 rings (SSSR count). The molecule has 164 valence electrons. The van der Waals surface area contributed by atoms with Gasteiger partial charge in [0.05, 0.1) is 32.1 Å². The smallest absolute Gasteiger partial charge is 0.280 e. The summed E-state index contributed by atoms with van der Waals surface area (Å²) in [6, 6.07) is 3.82. The zero-order valence-electron chi connectivity index (χ0n) is 17.6. The Morgan fingerprint density at radius 3 is 2.57 bits per heavy atom. The van der Waals surface area contributed by atoms with E-state index < -0.39 is 28.2 Å². The number of methoxy groups -OCH3 is 2. The average Bonchev–Trinajstić information content (AvgIpc) is 3.18. The lowest BCUT2D eigenvalue weighted by atomic mass is 9.99. The van der Waals surface area contributed by atoms with Crippen molar-refractivity contribution in [3.63, 3.8) is 0 Å². The molecule has 0 bridgehead atoms. The largest absolute Gasteiger partial charge is 0.493 e. The second kappa shape index (κ2) is 8.62. The van der Waals surface area contributed by atoms with Gasteiger partial charge in [-0.1, -0.05) is 6.07 Å². The SMILES string of the molecule is COc1ccc([C@@H]2C[C@H](C(=O)Nc3cnn(C(C)C)c3)N(C)S(=O)(=O)N2)cc1OC. The lowest BCUT2D eigenvalue weighted by Crippen LogP contribution is -2.55. The Balaban J connectivity index is 1.84. The number of hydrogen-bond acceptors (Lipinski definition) is 6. The third-order valence-corrected chi connectivity index (χ3v) is 6.67.